The van der Waals surface area contributed by atoms with Gasteiger partial charge in [-0.1, -0.05) is 36.4 Å². The van der Waals surface area contributed by atoms with E-state index >= 15 is 0 Å². The molecule has 2 unspecified atom stereocenters. The summed E-state index contributed by atoms with van der Waals surface area (Å²) in [5.74, 6) is 0.636. The summed E-state index contributed by atoms with van der Waals surface area (Å²) in [6.45, 7) is 0. The highest BCUT2D eigenvalue weighted by atomic mass is 32.2. The van der Waals surface area contributed by atoms with Gasteiger partial charge >= 0.3 is 11.0 Å². The SMILES string of the molecule is O=S(Nc1ccc(CCc2nc3ccc(-c4ccccc4NS(=O)C(F)(F)F)cc3[nH]2)cc1)C(F)(F)F. The number of hydrogen-bond donors (Lipinski definition) is 3. The Hall–Kier alpha value is -3.39. The maximum Gasteiger partial charge on any atom is 0.490 e. The maximum atomic E-state index is 12.8. The zero-order chi connectivity index (χ0) is 26.8. The number of nitrogens with zero attached hydrogens (tertiary/aromatic N) is 1. The Morgan fingerprint density at radius 3 is 2.11 bits per heavy atom. The number of fused-ring (bicyclic) bond motifs is 1. The van der Waals surface area contributed by atoms with Gasteiger partial charge in [0.05, 0.1) is 16.7 Å². The number of benzene rings is 3. The van der Waals surface area contributed by atoms with Gasteiger partial charge in [0.1, 0.15) is 5.82 Å². The van der Waals surface area contributed by atoms with Crippen molar-refractivity contribution in [2.45, 2.75) is 23.9 Å². The van der Waals surface area contributed by atoms with Crippen LogP contribution in [0.3, 0.4) is 0 Å². The van der Waals surface area contributed by atoms with Crippen molar-refractivity contribution < 1.29 is 34.8 Å². The molecule has 0 aliphatic carbocycles. The molecule has 0 saturated heterocycles. The average molecular weight is 561 g/mol. The molecule has 0 bridgehead atoms. The van der Waals surface area contributed by atoms with Crippen LogP contribution in [-0.4, -0.2) is 29.4 Å². The van der Waals surface area contributed by atoms with E-state index in [4.69, 9.17) is 0 Å². The molecule has 0 saturated carbocycles. The van der Waals surface area contributed by atoms with Crippen molar-refractivity contribution in [3.05, 3.63) is 78.1 Å². The number of halogens is 6. The number of nitrogens with one attached hydrogen (secondary N) is 3. The van der Waals surface area contributed by atoms with Crippen LogP contribution in [0.2, 0.25) is 0 Å². The lowest BCUT2D eigenvalue weighted by atomic mass is 10.0. The van der Waals surface area contributed by atoms with Crippen molar-refractivity contribution in [1.29, 1.82) is 0 Å². The highest BCUT2D eigenvalue weighted by Gasteiger charge is 2.38. The van der Waals surface area contributed by atoms with Crippen molar-refractivity contribution in [2.24, 2.45) is 0 Å². The van der Waals surface area contributed by atoms with E-state index < -0.39 is 33.0 Å². The summed E-state index contributed by atoms with van der Waals surface area (Å²) in [4.78, 5) is 7.67. The fourth-order valence-corrected chi connectivity index (χ4v) is 4.46. The van der Waals surface area contributed by atoms with Gasteiger partial charge in [-0.2, -0.15) is 26.3 Å². The van der Waals surface area contributed by atoms with Crippen LogP contribution in [0.15, 0.2) is 66.7 Å². The predicted molar refractivity (Wildman–Crippen MR) is 131 cm³/mol. The van der Waals surface area contributed by atoms with E-state index in [1.807, 2.05) is 9.44 Å². The van der Waals surface area contributed by atoms with Crippen LogP contribution >= 0.6 is 0 Å². The average Bonchev–Trinajstić information content (AvgIpc) is 3.25. The van der Waals surface area contributed by atoms with E-state index in [1.165, 1.54) is 24.3 Å². The molecule has 196 valence electrons. The third kappa shape index (κ3) is 6.68. The zero-order valence-corrected chi connectivity index (χ0v) is 20.2. The van der Waals surface area contributed by atoms with Crippen LogP contribution < -0.4 is 9.44 Å². The van der Waals surface area contributed by atoms with Crippen molar-refractivity contribution in [3.63, 3.8) is 0 Å². The van der Waals surface area contributed by atoms with Crippen molar-refractivity contribution in [3.8, 4) is 11.1 Å². The minimum atomic E-state index is -4.91. The molecule has 0 amide bonds. The maximum absolute atomic E-state index is 12.8. The Morgan fingerprint density at radius 2 is 1.43 bits per heavy atom. The molecule has 4 rings (SSSR count). The molecule has 0 radical (unpaired) electrons. The molecular formula is C23H18F6N4O2S2. The van der Waals surface area contributed by atoms with E-state index in [-0.39, 0.29) is 11.4 Å². The lowest BCUT2D eigenvalue weighted by Crippen LogP contribution is -2.23. The normalized spacial score (nSPS) is 13.9. The van der Waals surface area contributed by atoms with Crippen LogP contribution in [0.4, 0.5) is 37.7 Å². The minimum Gasteiger partial charge on any atom is -0.342 e. The second kappa shape index (κ2) is 10.5. The second-order valence-corrected chi connectivity index (χ2v) is 10.2. The first kappa shape index (κ1) is 26.7. The molecule has 3 aromatic carbocycles. The van der Waals surface area contributed by atoms with Crippen molar-refractivity contribution in [1.82, 2.24) is 9.97 Å². The molecular weight excluding hydrogens is 542 g/mol. The summed E-state index contributed by atoms with van der Waals surface area (Å²) < 4.78 is 102. The summed E-state index contributed by atoms with van der Waals surface area (Å²) >= 11 is 0. The Kier molecular flexibility index (Phi) is 7.59. The van der Waals surface area contributed by atoms with Gasteiger partial charge in [0.15, 0.2) is 0 Å². The molecule has 0 aliphatic heterocycles. The molecule has 3 N–H and O–H groups in total. The lowest BCUT2D eigenvalue weighted by molar-refractivity contribution is -0.0386. The smallest absolute Gasteiger partial charge is 0.342 e. The number of aromatic nitrogens is 2. The van der Waals surface area contributed by atoms with Gasteiger partial charge < -0.3 is 4.98 Å². The molecule has 1 aromatic heterocycles. The Morgan fingerprint density at radius 1 is 0.784 bits per heavy atom. The molecule has 0 spiro atoms. The number of alkyl halides is 6. The van der Waals surface area contributed by atoms with Gasteiger partial charge in [0.25, 0.3) is 0 Å². The minimum absolute atomic E-state index is 0.0641. The molecule has 0 fully saturated rings. The van der Waals surface area contributed by atoms with E-state index in [2.05, 4.69) is 9.97 Å². The first-order chi connectivity index (χ1) is 17.4. The van der Waals surface area contributed by atoms with Gasteiger partial charge in [-0.25, -0.2) is 13.4 Å². The van der Waals surface area contributed by atoms with Crippen LogP contribution in [0.25, 0.3) is 22.2 Å². The molecule has 2 atom stereocenters. The zero-order valence-electron chi connectivity index (χ0n) is 18.6. The second-order valence-electron chi connectivity index (χ2n) is 7.79. The highest BCUT2D eigenvalue weighted by Crippen LogP contribution is 2.32. The van der Waals surface area contributed by atoms with Crippen LogP contribution in [0.5, 0.6) is 0 Å². The van der Waals surface area contributed by atoms with E-state index in [9.17, 15) is 34.8 Å². The largest absolute Gasteiger partial charge is 0.490 e. The van der Waals surface area contributed by atoms with Crippen molar-refractivity contribution >= 4 is 44.4 Å². The first-order valence-electron chi connectivity index (χ1n) is 10.6. The predicted octanol–water partition coefficient (Wildman–Crippen LogP) is 6.21. The Balaban J connectivity index is 1.46. The number of rotatable bonds is 8. The van der Waals surface area contributed by atoms with E-state index in [0.29, 0.717) is 40.8 Å². The van der Waals surface area contributed by atoms with Crippen LogP contribution in [0.1, 0.15) is 11.4 Å². The van der Waals surface area contributed by atoms with E-state index in [1.54, 1.807) is 42.5 Å². The number of para-hydroxylation sites is 1. The topological polar surface area (TPSA) is 86.9 Å². The monoisotopic (exact) mass is 560 g/mol. The molecule has 6 nitrogen and oxygen atoms in total. The summed E-state index contributed by atoms with van der Waals surface area (Å²) in [6.07, 6.45) is 0.999. The highest BCUT2D eigenvalue weighted by molar-refractivity contribution is 7.87. The number of H-pyrrole nitrogens is 1. The van der Waals surface area contributed by atoms with Crippen molar-refractivity contribution in [2.75, 3.05) is 9.44 Å². The number of hydrogen-bond acceptors (Lipinski definition) is 3. The third-order valence-electron chi connectivity index (χ3n) is 5.21. The Bertz CT molecular complexity index is 1450. The summed E-state index contributed by atoms with van der Waals surface area (Å²) in [7, 11) is -6.46. The van der Waals surface area contributed by atoms with Crippen LogP contribution in [-0.2, 0) is 34.8 Å². The van der Waals surface area contributed by atoms with Gasteiger partial charge in [-0.05, 0) is 47.9 Å². The summed E-state index contributed by atoms with van der Waals surface area (Å²) in [6, 6.07) is 17.4. The molecule has 1 heterocycles. The standard InChI is InChI=1S/C23H18F6N4O2S2/c24-22(25,26)36(34)32-16-9-5-14(6-10-16)7-12-21-30-19-11-8-15(13-20(19)31-21)17-3-1-2-4-18(17)33-37(35)23(27,28)29/h1-6,8-11,13,32-33H,7,12H2,(H,30,31). The number of aryl methyl sites for hydroxylation is 2. The molecule has 14 heteroatoms. The van der Waals surface area contributed by atoms with Gasteiger partial charge in [0, 0.05) is 17.7 Å². The van der Waals surface area contributed by atoms with Crippen LogP contribution in [0, 0.1) is 0 Å². The van der Waals surface area contributed by atoms with Gasteiger partial charge in [-0.3, -0.25) is 9.44 Å². The Labute approximate surface area is 211 Å². The quantitative estimate of drug-likeness (QED) is 0.224. The fraction of sp³-hybridized carbons (Fsp3) is 0.174. The van der Waals surface area contributed by atoms with Gasteiger partial charge in [0.2, 0.25) is 22.0 Å². The summed E-state index contributed by atoms with van der Waals surface area (Å²) in [5.41, 5.74) is -6.51. The number of anilines is 2. The molecule has 37 heavy (non-hydrogen) atoms. The molecule has 0 aliphatic rings. The molecule has 4 aromatic rings. The van der Waals surface area contributed by atoms with Gasteiger partial charge in [-0.15, -0.1) is 0 Å². The third-order valence-corrected chi connectivity index (χ3v) is 6.87. The number of aromatic amines is 1. The van der Waals surface area contributed by atoms with E-state index in [0.717, 1.165) is 5.56 Å². The fourth-order valence-electron chi connectivity index (χ4n) is 3.50. The first-order valence-corrected chi connectivity index (χ1v) is 12.9. The number of imidazole rings is 1. The summed E-state index contributed by atoms with van der Waals surface area (Å²) in [5, 5.41) is 0. The lowest BCUT2D eigenvalue weighted by Gasteiger charge is -2.13.